The molecule has 0 saturated heterocycles. The van der Waals surface area contributed by atoms with Crippen molar-refractivity contribution in [3.8, 4) is 11.3 Å². The molecule has 0 spiro atoms. The Bertz CT molecular complexity index is 1010. The van der Waals surface area contributed by atoms with Crippen LogP contribution in [0.25, 0.3) is 11.3 Å². The summed E-state index contributed by atoms with van der Waals surface area (Å²) in [6, 6.07) is 14.1. The predicted octanol–water partition coefficient (Wildman–Crippen LogP) is 3.85. The first-order valence-corrected chi connectivity index (χ1v) is 8.36. The van der Waals surface area contributed by atoms with E-state index in [-0.39, 0.29) is 11.5 Å². The van der Waals surface area contributed by atoms with E-state index < -0.39 is 10.8 Å². The molecule has 0 aliphatic carbocycles. The van der Waals surface area contributed by atoms with Crippen LogP contribution in [0.4, 0.5) is 10.1 Å². The molecule has 0 aliphatic heterocycles. The number of hydrogen-bond donors (Lipinski definition) is 1. The molecule has 2 aromatic carbocycles. The second-order valence-corrected chi connectivity index (χ2v) is 6.23. The van der Waals surface area contributed by atoms with Gasteiger partial charge >= 0.3 is 0 Å². The molecule has 3 rings (SSSR count). The highest BCUT2D eigenvalue weighted by molar-refractivity contribution is 5.95. The fourth-order valence-electron chi connectivity index (χ4n) is 3.09. The van der Waals surface area contributed by atoms with E-state index in [2.05, 4.69) is 0 Å². The van der Waals surface area contributed by atoms with E-state index in [1.165, 1.54) is 24.3 Å². The lowest BCUT2D eigenvalue weighted by Crippen LogP contribution is -2.13. The summed E-state index contributed by atoms with van der Waals surface area (Å²) in [4.78, 5) is 22.4. The van der Waals surface area contributed by atoms with Crippen LogP contribution in [0, 0.1) is 22.9 Å². The van der Waals surface area contributed by atoms with Gasteiger partial charge in [0, 0.05) is 35.6 Å². The highest BCUT2D eigenvalue weighted by atomic mass is 19.1. The second kappa shape index (κ2) is 7.41. The Kier molecular flexibility index (Phi) is 5.03. The Balaban J connectivity index is 2.01. The molecule has 0 unspecified atom stereocenters. The van der Waals surface area contributed by atoms with E-state index in [1.54, 1.807) is 37.3 Å². The topological polar surface area (TPSA) is 91.2 Å². The maximum Gasteiger partial charge on any atom is 0.270 e. The minimum absolute atomic E-state index is 0.0305. The number of nitro benzene ring substituents is 1. The Morgan fingerprint density at radius 3 is 2.52 bits per heavy atom. The average molecular weight is 367 g/mol. The van der Waals surface area contributed by atoms with E-state index in [4.69, 9.17) is 5.73 Å². The molecule has 0 bridgehead atoms. The average Bonchev–Trinajstić information content (AvgIpc) is 2.98. The number of carbonyl (C=O) groups excluding carboxylic acids is 1. The molecule has 7 heteroatoms. The monoisotopic (exact) mass is 367 g/mol. The molecule has 1 aromatic heterocycles. The standard InChI is InChI=1S/C20H18FN3O3/c1-13-18(20(22)25)12-19(15-3-2-4-17(11-15)24(26)27)23(13)10-9-14-5-7-16(21)8-6-14/h2-8,11-12H,9-10H2,1H3,(H2,22,25). The van der Waals surface area contributed by atoms with Gasteiger partial charge in [-0.05, 0) is 37.1 Å². The van der Waals surface area contributed by atoms with E-state index in [1.807, 2.05) is 4.57 Å². The molecule has 0 aliphatic rings. The van der Waals surface area contributed by atoms with Gasteiger partial charge in [0.2, 0.25) is 0 Å². The van der Waals surface area contributed by atoms with Crippen LogP contribution in [0.3, 0.4) is 0 Å². The number of carbonyl (C=O) groups is 1. The maximum atomic E-state index is 13.1. The number of aromatic nitrogens is 1. The molecule has 0 atom stereocenters. The number of benzene rings is 2. The molecule has 0 saturated carbocycles. The number of hydrogen-bond acceptors (Lipinski definition) is 3. The van der Waals surface area contributed by atoms with Gasteiger partial charge in [0.25, 0.3) is 11.6 Å². The summed E-state index contributed by atoms with van der Waals surface area (Å²) in [7, 11) is 0. The van der Waals surface area contributed by atoms with Gasteiger partial charge < -0.3 is 10.3 Å². The van der Waals surface area contributed by atoms with E-state index in [9.17, 15) is 19.3 Å². The van der Waals surface area contributed by atoms with E-state index in [0.717, 1.165) is 5.56 Å². The van der Waals surface area contributed by atoms with Crippen molar-refractivity contribution in [3.05, 3.63) is 87.3 Å². The molecule has 3 aromatic rings. The van der Waals surface area contributed by atoms with Crippen LogP contribution >= 0.6 is 0 Å². The van der Waals surface area contributed by atoms with Crippen molar-refractivity contribution < 1.29 is 14.1 Å². The Labute approximate surface area is 155 Å². The van der Waals surface area contributed by atoms with Crippen molar-refractivity contribution in [2.75, 3.05) is 0 Å². The smallest absolute Gasteiger partial charge is 0.270 e. The van der Waals surface area contributed by atoms with E-state index in [0.29, 0.717) is 35.5 Å². The van der Waals surface area contributed by atoms with Crippen LogP contribution in [0.5, 0.6) is 0 Å². The van der Waals surface area contributed by atoms with Crippen LogP contribution in [-0.2, 0) is 13.0 Å². The van der Waals surface area contributed by atoms with Crippen LogP contribution in [0.15, 0.2) is 54.6 Å². The summed E-state index contributed by atoms with van der Waals surface area (Å²) < 4.78 is 15.0. The molecule has 2 N–H and O–H groups in total. The fraction of sp³-hybridized carbons (Fsp3) is 0.150. The van der Waals surface area contributed by atoms with Crippen LogP contribution < -0.4 is 5.73 Å². The molecule has 1 heterocycles. The van der Waals surface area contributed by atoms with Crippen molar-refractivity contribution in [3.63, 3.8) is 0 Å². The van der Waals surface area contributed by atoms with Gasteiger partial charge in [-0.25, -0.2) is 4.39 Å². The molecule has 1 amide bonds. The van der Waals surface area contributed by atoms with Crippen molar-refractivity contribution in [2.24, 2.45) is 5.73 Å². The second-order valence-electron chi connectivity index (χ2n) is 6.23. The Morgan fingerprint density at radius 1 is 1.19 bits per heavy atom. The number of amides is 1. The number of nitrogens with zero attached hydrogens (tertiary/aromatic N) is 2. The summed E-state index contributed by atoms with van der Waals surface area (Å²) in [5.41, 5.74) is 8.74. The zero-order valence-electron chi connectivity index (χ0n) is 14.7. The zero-order valence-corrected chi connectivity index (χ0v) is 14.7. The molecule has 138 valence electrons. The van der Waals surface area contributed by atoms with Gasteiger partial charge in [0.05, 0.1) is 10.5 Å². The van der Waals surface area contributed by atoms with Crippen LogP contribution in [-0.4, -0.2) is 15.4 Å². The van der Waals surface area contributed by atoms with Gasteiger partial charge in [-0.1, -0.05) is 24.3 Å². The molecular formula is C20H18FN3O3. The lowest BCUT2D eigenvalue weighted by Gasteiger charge is -2.12. The summed E-state index contributed by atoms with van der Waals surface area (Å²) >= 11 is 0. The molecule has 0 radical (unpaired) electrons. The third-order valence-corrected chi connectivity index (χ3v) is 4.52. The highest BCUT2D eigenvalue weighted by Crippen LogP contribution is 2.29. The van der Waals surface area contributed by atoms with Gasteiger partial charge in [-0.3, -0.25) is 14.9 Å². The largest absolute Gasteiger partial charge is 0.366 e. The van der Waals surface area contributed by atoms with Gasteiger partial charge in [-0.15, -0.1) is 0 Å². The van der Waals surface area contributed by atoms with E-state index >= 15 is 0 Å². The first-order valence-electron chi connectivity index (χ1n) is 8.36. The third kappa shape index (κ3) is 3.87. The lowest BCUT2D eigenvalue weighted by atomic mass is 10.1. The summed E-state index contributed by atoms with van der Waals surface area (Å²) in [6.07, 6.45) is 0.607. The summed E-state index contributed by atoms with van der Waals surface area (Å²) in [6.45, 7) is 2.30. The normalized spacial score (nSPS) is 10.7. The van der Waals surface area contributed by atoms with Crippen molar-refractivity contribution in [1.82, 2.24) is 4.57 Å². The Hall–Kier alpha value is -3.48. The molecule has 27 heavy (non-hydrogen) atoms. The molecule has 6 nitrogen and oxygen atoms in total. The number of rotatable bonds is 6. The number of nitrogens with two attached hydrogens (primary N) is 1. The third-order valence-electron chi connectivity index (χ3n) is 4.52. The van der Waals surface area contributed by atoms with Crippen LogP contribution in [0.1, 0.15) is 21.6 Å². The maximum absolute atomic E-state index is 13.1. The van der Waals surface area contributed by atoms with Gasteiger partial charge in [-0.2, -0.15) is 0 Å². The summed E-state index contributed by atoms with van der Waals surface area (Å²) in [5.74, 6) is -0.857. The predicted molar refractivity (Wildman–Crippen MR) is 99.9 cm³/mol. The lowest BCUT2D eigenvalue weighted by molar-refractivity contribution is -0.384. The highest BCUT2D eigenvalue weighted by Gasteiger charge is 2.18. The first-order chi connectivity index (χ1) is 12.9. The van der Waals surface area contributed by atoms with Crippen LogP contribution in [0.2, 0.25) is 0 Å². The minimum atomic E-state index is -0.556. The number of non-ortho nitro benzene ring substituents is 1. The zero-order chi connectivity index (χ0) is 19.6. The summed E-state index contributed by atoms with van der Waals surface area (Å²) in [5, 5.41) is 11.1. The fourth-order valence-corrected chi connectivity index (χ4v) is 3.09. The number of aryl methyl sites for hydroxylation is 1. The SMILES string of the molecule is Cc1c(C(N)=O)cc(-c2cccc([N+](=O)[O-])c2)n1CCc1ccc(F)cc1. The number of primary amides is 1. The number of nitro groups is 1. The van der Waals surface area contributed by atoms with Crippen molar-refractivity contribution in [1.29, 1.82) is 0 Å². The first kappa shape index (κ1) is 18.3. The van der Waals surface area contributed by atoms with Crippen molar-refractivity contribution in [2.45, 2.75) is 19.9 Å². The number of halogens is 1. The van der Waals surface area contributed by atoms with Gasteiger partial charge in [0.1, 0.15) is 5.82 Å². The van der Waals surface area contributed by atoms with Crippen molar-refractivity contribution >= 4 is 11.6 Å². The Morgan fingerprint density at radius 2 is 1.89 bits per heavy atom. The van der Waals surface area contributed by atoms with Gasteiger partial charge in [0.15, 0.2) is 0 Å². The quantitative estimate of drug-likeness (QED) is 0.530. The molecular weight excluding hydrogens is 349 g/mol. The minimum Gasteiger partial charge on any atom is -0.366 e. The molecule has 0 fully saturated rings.